The van der Waals surface area contributed by atoms with Crippen LogP contribution in [0.5, 0.6) is 0 Å². The van der Waals surface area contributed by atoms with Crippen LogP contribution in [0.1, 0.15) is 32.9 Å². The lowest BCUT2D eigenvalue weighted by molar-refractivity contribution is 0.0337. The number of allylic oxidation sites excluding steroid dienone is 1. The van der Waals surface area contributed by atoms with Gasteiger partial charge in [0.05, 0.1) is 41.7 Å². The van der Waals surface area contributed by atoms with Gasteiger partial charge in [-0.2, -0.15) is 5.10 Å². The molecule has 178 valence electrons. The Balaban J connectivity index is 1.24. The van der Waals surface area contributed by atoms with Gasteiger partial charge in [-0.25, -0.2) is 14.1 Å². The first-order valence-corrected chi connectivity index (χ1v) is 11.6. The average molecular weight is 473 g/mol. The zero-order valence-corrected chi connectivity index (χ0v) is 19.3. The maximum absolute atomic E-state index is 14.8. The molecule has 2 aliphatic rings. The Labute approximate surface area is 201 Å². The highest BCUT2D eigenvalue weighted by molar-refractivity contribution is 6.15. The molecule has 1 saturated heterocycles. The van der Waals surface area contributed by atoms with Crippen LogP contribution in [0.4, 0.5) is 10.2 Å². The van der Waals surface area contributed by atoms with Gasteiger partial charge in [0.15, 0.2) is 5.78 Å². The number of aryl methyl sites for hydroxylation is 1. The van der Waals surface area contributed by atoms with Gasteiger partial charge >= 0.3 is 0 Å². The van der Waals surface area contributed by atoms with Crippen molar-refractivity contribution in [3.8, 4) is 5.69 Å². The second kappa shape index (κ2) is 8.44. The van der Waals surface area contributed by atoms with Gasteiger partial charge in [-0.15, -0.1) is 0 Å². The predicted octanol–water partition coefficient (Wildman–Crippen LogP) is 3.43. The number of carbonyl (C=O) groups excluding carboxylic acids is 1. The van der Waals surface area contributed by atoms with Crippen molar-refractivity contribution < 1.29 is 13.9 Å². The van der Waals surface area contributed by atoms with E-state index in [4.69, 9.17) is 10.5 Å². The minimum absolute atomic E-state index is 0.196. The van der Waals surface area contributed by atoms with Crippen molar-refractivity contribution in [3.05, 3.63) is 76.0 Å². The number of imidazole rings is 1. The number of halogens is 1. The lowest BCUT2D eigenvalue weighted by atomic mass is 10.0. The number of rotatable bonds is 5. The molecule has 4 aromatic rings. The number of aromatic nitrogens is 4. The van der Waals surface area contributed by atoms with Crippen molar-refractivity contribution in [2.45, 2.75) is 19.9 Å². The summed E-state index contributed by atoms with van der Waals surface area (Å²) in [5, 5.41) is 4.37. The quantitative estimate of drug-likeness (QED) is 0.432. The van der Waals surface area contributed by atoms with Crippen molar-refractivity contribution in [3.63, 3.8) is 0 Å². The molecule has 1 aliphatic heterocycles. The molecular weight excluding hydrogens is 447 g/mol. The topological polar surface area (TPSA) is 102 Å². The summed E-state index contributed by atoms with van der Waals surface area (Å²) in [7, 11) is 0. The second-order valence-corrected chi connectivity index (χ2v) is 9.09. The van der Waals surface area contributed by atoms with Crippen LogP contribution in [0.3, 0.4) is 0 Å². The zero-order chi connectivity index (χ0) is 24.1. The third-order valence-electron chi connectivity index (χ3n) is 6.69. The normalized spacial score (nSPS) is 16.0. The molecule has 2 aromatic heterocycles. The summed E-state index contributed by atoms with van der Waals surface area (Å²) in [5.74, 6) is 0.635. The summed E-state index contributed by atoms with van der Waals surface area (Å²) in [4.78, 5) is 23.1. The van der Waals surface area contributed by atoms with Crippen LogP contribution < -0.4 is 5.73 Å². The fourth-order valence-corrected chi connectivity index (χ4v) is 4.85. The van der Waals surface area contributed by atoms with Gasteiger partial charge < -0.3 is 15.5 Å². The van der Waals surface area contributed by atoms with E-state index in [9.17, 15) is 9.18 Å². The van der Waals surface area contributed by atoms with Gasteiger partial charge in [-0.05, 0) is 48.4 Å². The number of morpholine rings is 1. The molecule has 1 fully saturated rings. The van der Waals surface area contributed by atoms with Gasteiger partial charge in [0.25, 0.3) is 0 Å². The number of nitrogens with one attached hydrogen (secondary N) is 1. The number of carbonyl (C=O) groups is 1. The zero-order valence-electron chi connectivity index (χ0n) is 19.3. The van der Waals surface area contributed by atoms with Gasteiger partial charge in [-0.3, -0.25) is 9.69 Å². The molecular formula is C26H25FN6O2. The summed E-state index contributed by atoms with van der Waals surface area (Å²) >= 11 is 0. The van der Waals surface area contributed by atoms with Crippen LogP contribution in [0, 0.1) is 12.7 Å². The molecule has 8 nitrogen and oxygen atoms in total. The fourth-order valence-electron chi connectivity index (χ4n) is 4.85. The number of hydrogen-bond acceptors (Lipinski definition) is 6. The van der Waals surface area contributed by atoms with Crippen LogP contribution in [0.15, 0.2) is 42.1 Å². The van der Waals surface area contributed by atoms with Gasteiger partial charge in [0.2, 0.25) is 0 Å². The first-order valence-electron chi connectivity index (χ1n) is 11.6. The molecule has 9 heteroatoms. The Morgan fingerprint density at radius 1 is 1.23 bits per heavy atom. The molecule has 0 unspecified atom stereocenters. The van der Waals surface area contributed by atoms with Crippen LogP contribution in [0.2, 0.25) is 0 Å². The molecule has 1 aliphatic carbocycles. The van der Waals surface area contributed by atoms with Crippen molar-refractivity contribution in [1.82, 2.24) is 24.6 Å². The Bertz CT molecular complexity index is 1500. The highest BCUT2D eigenvalue weighted by Crippen LogP contribution is 2.31. The number of H-pyrrole nitrogens is 1. The van der Waals surface area contributed by atoms with E-state index in [0.717, 1.165) is 46.8 Å². The number of ether oxygens (including phenoxy) is 1. The average Bonchev–Trinajstić information content (AvgIpc) is 3.54. The van der Waals surface area contributed by atoms with Gasteiger partial charge in [0.1, 0.15) is 17.5 Å². The maximum atomic E-state index is 14.8. The second-order valence-electron chi connectivity index (χ2n) is 9.09. The summed E-state index contributed by atoms with van der Waals surface area (Å²) in [6, 6.07) is 9.06. The molecule has 2 aromatic carbocycles. The Morgan fingerprint density at radius 2 is 2.06 bits per heavy atom. The minimum atomic E-state index is -0.253. The number of nitrogens with two attached hydrogens (primary N) is 1. The first-order chi connectivity index (χ1) is 17.0. The number of fused-ring (bicyclic) bond motifs is 2. The van der Waals surface area contributed by atoms with E-state index in [1.807, 2.05) is 31.2 Å². The summed E-state index contributed by atoms with van der Waals surface area (Å²) in [6.45, 7) is 5.33. The largest absolute Gasteiger partial charge is 0.383 e. The highest BCUT2D eigenvalue weighted by Gasteiger charge is 2.25. The number of nitrogens with zero attached hydrogens (tertiary/aromatic N) is 4. The molecule has 0 atom stereocenters. The lowest BCUT2D eigenvalue weighted by Gasteiger charge is -2.26. The van der Waals surface area contributed by atoms with E-state index < -0.39 is 0 Å². The van der Waals surface area contributed by atoms with Crippen molar-refractivity contribution in [2.75, 3.05) is 32.0 Å². The van der Waals surface area contributed by atoms with Gasteiger partial charge in [0, 0.05) is 37.2 Å². The van der Waals surface area contributed by atoms with Crippen molar-refractivity contribution in [2.24, 2.45) is 0 Å². The summed E-state index contributed by atoms with van der Waals surface area (Å²) in [5.41, 5.74) is 12.1. The maximum Gasteiger partial charge on any atom is 0.194 e. The van der Waals surface area contributed by atoms with E-state index in [1.165, 1.54) is 12.3 Å². The van der Waals surface area contributed by atoms with Gasteiger partial charge in [-0.1, -0.05) is 6.07 Å². The van der Waals surface area contributed by atoms with Crippen LogP contribution >= 0.6 is 0 Å². The standard InChI is InChI=1S/C26H25FN6O2/c1-15-30-23-3-2-20(12-24(23)31-15)33-26(28)21(13-29-33)25(34)18-8-16-10-19(22(27)11-17(16)9-18)14-32-4-6-35-7-5-32/h2-3,9-13H,4-8,14,28H2,1H3,(H,30,31). The van der Waals surface area contributed by atoms with Crippen molar-refractivity contribution in [1.29, 1.82) is 0 Å². The van der Waals surface area contributed by atoms with E-state index in [2.05, 4.69) is 20.0 Å². The van der Waals surface area contributed by atoms with E-state index in [-0.39, 0.29) is 17.4 Å². The third kappa shape index (κ3) is 3.92. The molecule has 3 heterocycles. The van der Waals surface area contributed by atoms with E-state index in [1.54, 1.807) is 10.8 Å². The van der Waals surface area contributed by atoms with Crippen LogP contribution in [-0.2, 0) is 17.7 Å². The fraction of sp³-hybridized carbons (Fsp3) is 0.269. The number of anilines is 1. The first kappa shape index (κ1) is 21.7. The Hall–Kier alpha value is -3.82. The number of ketones is 1. The lowest BCUT2D eigenvalue weighted by Crippen LogP contribution is -2.35. The summed E-state index contributed by atoms with van der Waals surface area (Å²) in [6.07, 6.45) is 3.69. The molecule has 0 amide bonds. The molecule has 3 N–H and O–H groups in total. The molecule has 35 heavy (non-hydrogen) atoms. The molecule has 0 bridgehead atoms. The predicted molar refractivity (Wildman–Crippen MR) is 131 cm³/mol. The van der Waals surface area contributed by atoms with E-state index >= 15 is 0 Å². The highest BCUT2D eigenvalue weighted by atomic mass is 19.1. The number of benzene rings is 2. The number of aromatic amines is 1. The van der Waals surface area contributed by atoms with E-state index in [0.29, 0.717) is 42.9 Å². The smallest absolute Gasteiger partial charge is 0.194 e. The van der Waals surface area contributed by atoms with Crippen LogP contribution in [-0.4, -0.2) is 56.7 Å². The summed E-state index contributed by atoms with van der Waals surface area (Å²) < 4.78 is 21.7. The Kier molecular flexibility index (Phi) is 5.23. The SMILES string of the molecule is Cc1nc2ccc(-n3ncc(C(=O)C4=Cc5cc(F)c(CN6CCOCC6)cc5C4)c3N)cc2[nH]1. The number of hydrogen-bond donors (Lipinski definition) is 2. The van der Waals surface area contributed by atoms with Crippen LogP contribution in [0.25, 0.3) is 22.8 Å². The molecule has 0 saturated carbocycles. The molecule has 0 radical (unpaired) electrons. The minimum Gasteiger partial charge on any atom is -0.383 e. The number of nitrogen functional groups attached to an aromatic ring is 1. The number of Topliss-reactive ketones (excluding diaryl/α,β-unsaturated/α-hetero) is 1. The monoisotopic (exact) mass is 472 g/mol. The van der Waals surface area contributed by atoms with Crippen molar-refractivity contribution >= 4 is 28.7 Å². The molecule has 6 rings (SSSR count). The molecule has 0 spiro atoms. The third-order valence-corrected chi connectivity index (χ3v) is 6.69. The Morgan fingerprint density at radius 3 is 2.89 bits per heavy atom.